The maximum atomic E-state index is 2.46. The van der Waals surface area contributed by atoms with Crippen LogP contribution in [0.25, 0.3) is 0 Å². The van der Waals surface area contributed by atoms with E-state index in [0.717, 1.165) is 5.92 Å². The molecule has 0 amide bonds. The molecule has 132 valence electrons. The maximum Gasteiger partial charge on any atom is -0.0184 e. The first-order chi connectivity index (χ1) is 10.9. The monoisotopic (exact) mass is 316 g/mol. The smallest absolute Gasteiger partial charge is 0.0184 e. The van der Waals surface area contributed by atoms with Gasteiger partial charge in [-0.05, 0) is 52.8 Å². The third-order valence-corrected chi connectivity index (χ3v) is 5.20. The summed E-state index contributed by atoms with van der Waals surface area (Å²) < 4.78 is 0. The molecule has 0 saturated carbocycles. The Morgan fingerprint density at radius 3 is 2.00 bits per heavy atom. The number of hydrogen-bond donors (Lipinski definition) is 0. The van der Waals surface area contributed by atoms with E-state index in [4.69, 9.17) is 0 Å². The lowest BCUT2D eigenvalue weighted by molar-refractivity contribution is 0.656. The average Bonchev–Trinajstić information content (AvgIpc) is 2.89. The van der Waals surface area contributed by atoms with Gasteiger partial charge in [-0.2, -0.15) is 0 Å². The molecule has 23 heavy (non-hydrogen) atoms. The summed E-state index contributed by atoms with van der Waals surface area (Å²) in [6.45, 7) is 16.1. The van der Waals surface area contributed by atoms with E-state index in [-0.39, 0.29) is 0 Å². The lowest BCUT2D eigenvalue weighted by atomic mass is 9.88. The van der Waals surface area contributed by atoms with Crippen molar-refractivity contribution in [2.75, 3.05) is 0 Å². The molecule has 0 saturated heterocycles. The van der Waals surface area contributed by atoms with Crippen LogP contribution in [-0.2, 0) is 6.42 Å². The number of unbranched alkanes of at least 4 members (excludes halogenated alkanes) is 4. The highest BCUT2D eigenvalue weighted by Gasteiger charge is 2.23. The van der Waals surface area contributed by atoms with Gasteiger partial charge in [0.15, 0.2) is 0 Å². The second-order valence-corrected chi connectivity index (χ2v) is 7.99. The van der Waals surface area contributed by atoms with Gasteiger partial charge in [-0.1, -0.05) is 92.7 Å². The van der Waals surface area contributed by atoms with E-state index in [1.54, 1.807) is 16.7 Å². The minimum absolute atomic E-state index is 0.649. The highest BCUT2D eigenvalue weighted by Crippen LogP contribution is 2.39. The first kappa shape index (κ1) is 20.3. The van der Waals surface area contributed by atoms with Crippen LogP contribution in [-0.4, -0.2) is 0 Å². The Balaban J connectivity index is 0.000000322. The Hall–Kier alpha value is -0.780. The van der Waals surface area contributed by atoms with E-state index in [9.17, 15) is 0 Å². The number of fused-ring (bicyclic) bond motifs is 1. The molecule has 1 atom stereocenters. The fourth-order valence-corrected chi connectivity index (χ4v) is 3.51. The van der Waals surface area contributed by atoms with Crippen LogP contribution in [0, 0.1) is 0 Å². The molecule has 1 aromatic rings. The Kier molecular flexibility index (Phi) is 8.95. The van der Waals surface area contributed by atoms with Gasteiger partial charge in [0.1, 0.15) is 0 Å². The van der Waals surface area contributed by atoms with Crippen molar-refractivity contribution in [1.29, 1.82) is 0 Å². The van der Waals surface area contributed by atoms with Crippen molar-refractivity contribution in [1.82, 2.24) is 0 Å². The van der Waals surface area contributed by atoms with E-state index in [2.05, 4.69) is 60.6 Å². The van der Waals surface area contributed by atoms with Crippen LogP contribution in [0.2, 0.25) is 0 Å². The van der Waals surface area contributed by atoms with Gasteiger partial charge < -0.3 is 0 Å². The highest BCUT2D eigenvalue weighted by molar-refractivity contribution is 5.46. The molecule has 2 rings (SSSR count). The van der Waals surface area contributed by atoms with Crippen molar-refractivity contribution in [3.05, 3.63) is 34.4 Å². The molecular weight excluding hydrogens is 276 g/mol. The summed E-state index contributed by atoms with van der Waals surface area (Å²) in [6, 6.07) is 4.91. The Morgan fingerprint density at radius 2 is 1.52 bits per heavy atom. The zero-order valence-electron chi connectivity index (χ0n) is 16.8. The number of rotatable bonds is 6. The zero-order chi connectivity index (χ0) is 17.4. The van der Waals surface area contributed by atoms with Gasteiger partial charge in [0.2, 0.25) is 0 Å². The number of benzene rings is 1. The van der Waals surface area contributed by atoms with Crippen molar-refractivity contribution >= 4 is 0 Å². The second kappa shape index (κ2) is 10.2. The SMILES string of the molecule is CC(C)c1cc(C(C)C)c2c(c1)C(C)CC2.CCCCCCC. The normalized spacial score (nSPS) is 16.5. The van der Waals surface area contributed by atoms with Crippen LogP contribution in [0.15, 0.2) is 12.1 Å². The predicted octanol–water partition coefficient (Wildman–Crippen LogP) is 7.96. The molecule has 0 nitrogen and oxygen atoms in total. The van der Waals surface area contributed by atoms with Gasteiger partial charge in [-0.15, -0.1) is 0 Å². The van der Waals surface area contributed by atoms with E-state index < -0.39 is 0 Å². The minimum Gasteiger partial charge on any atom is -0.0654 e. The van der Waals surface area contributed by atoms with Crippen LogP contribution in [0.4, 0.5) is 0 Å². The standard InChI is InChI=1S/C16H24.C7H16/c1-10(2)13-8-15(11(3)4)14-7-6-12(5)16(14)9-13;1-3-5-7-6-4-2/h8-12H,6-7H2,1-5H3;3-7H2,1-2H3. The fourth-order valence-electron chi connectivity index (χ4n) is 3.51. The summed E-state index contributed by atoms with van der Waals surface area (Å²) in [5.41, 5.74) is 6.42. The van der Waals surface area contributed by atoms with Crippen molar-refractivity contribution in [3.8, 4) is 0 Å². The Morgan fingerprint density at radius 1 is 0.913 bits per heavy atom. The summed E-state index contributed by atoms with van der Waals surface area (Å²) >= 11 is 0. The minimum atomic E-state index is 0.649. The van der Waals surface area contributed by atoms with Crippen LogP contribution >= 0.6 is 0 Å². The molecule has 0 N–H and O–H groups in total. The molecule has 1 aliphatic rings. The first-order valence-electron chi connectivity index (χ1n) is 10.1. The zero-order valence-corrected chi connectivity index (χ0v) is 16.8. The lowest BCUT2D eigenvalue weighted by Crippen LogP contribution is -2.00. The molecule has 1 unspecified atom stereocenters. The van der Waals surface area contributed by atoms with Crippen molar-refractivity contribution in [2.24, 2.45) is 0 Å². The molecule has 1 aliphatic carbocycles. The van der Waals surface area contributed by atoms with Crippen molar-refractivity contribution in [2.45, 2.75) is 111 Å². The van der Waals surface area contributed by atoms with E-state index in [1.165, 1.54) is 50.5 Å². The van der Waals surface area contributed by atoms with Gasteiger partial charge in [0.25, 0.3) is 0 Å². The van der Waals surface area contributed by atoms with Gasteiger partial charge in [0.05, 0.1) is 0 Å². The molecule has 0 heterocycles. The van der Waals surface area contributed by atoms with Crippen LogP contribution in [0.1, 0.15) is 127 Å². The summed E-state index contributed by atoms with van der Waals surface area (Å²) in [5.74, 6) is 2.08. The third-order valence-electron chi connectivity index (χ3n) is 5.20. The topological polar surface area (TPSA) is 0 Å². The quantitative estimate of drug-likeness (QED) is 0.467. The van der Waals surface area contributed by atoms with E-state index in [1.807, 2.05) is 0 Å². The van der Waals surface area contributed by atoms with Gasteiger partial charge in [-0.25, -0.2) is 0 Å². The van der Waals surface area contributed by atoms with Crippen LogP contribution < -0.4 is 0 Å². The molecule has 1 aromatic carbocycles. The second-order valence-electron chi connectivity index (χ2n) is 7.99. The van der Waals surface area contributed by atoms with Gasteiger partial charge in [0, 0.05) is 0 Å². The predicted molar refractivity (Wildman–Crippen MR) is 106 cm³/mol. The molecule has 0 fully saturated rings. The van der Waals surface area contributed by atoms with Gasteiger partial charge in [-0.3, -0.25) is 0 Å². The van der Waals surface area contributed by atoms with Crippen LogP contribution in [0.5, 0.6) is 0 Å². The largest absolute Gasteiger partial charge is 0.0654 e. The van der Waals surface area contributed by atoms with Crippen molar-refractivity contribution in [3.63, 3.8) is 0 Å². The van der Waals surface area contributed by atoms with E-state index >= 15 is 0 Å². The van der Waals surface area contributed by atoms with E-state index in [0.29, 0.717) is 11.8 Å². The third kappa shape index (κ3) is 5.98. The maximum absolute atomic E-state index is 2.46. The lowest BCUT2D eigenvalue weighted by Gasteiger charge is -2.17. The first-order valence-corrected chi connectivity index (χ1v) is 10.1. The molecule has 0 radical (unpaired) electrons. The number of hydrogen-bond acceptors (Lipinski definition) is 0. The van der Waals surface area contributed by atoms with Crippen molar-refractivity contribution < 1.29 is 0 Å². The molecule has 0 aromatic heterocycles. The summed E-state index contributed by atoms with van der Waals surface area (Å²) in [4.78, 5) is 0. The Bertz CT molecular complexity index is 449. The Labute approximate surface area is 146 Å². The molecule has 0 heteroatoms. The molecule has 0 spiro atoms. The van der Waals surface area contributed by atoms with Crippen LogP contribution in [0.3, 0.4) is 0 Å². The fraction of sp³-hybridized carbons (Fsp3) is 0.739. The van der Waals surface area contributed by atoms with Gasteiger partial charge >= 0.3 is 0 Å². The summed E-state index contributed by atoms with van der Waals surface area (Å²) in [7, 11) is 0. The average molecular weight is 317 g/mol. The molecule has 0 aliphatic heterocycles. The summed E-state index contributed by atoms with van der Waals surface area (Å²) in [5, 5.41) is 0. The highest BCUT2D eigenvalue weighted by atomic mass is 14.3. The molecule has 0 bridgehead atoms. The molecular formula is C23H40. The summed E-state index contributed by atoms with van der Waals surface area (Å²) in [6.07, 6.45) is 9.65.